The summed E-state index contributed by atoms with van der Waals surface area (Å²) < 4.78 is 11.6. The number of rotatable bonds is 21. The molecular weight excluding hydrogens is 436 g/mol. The van der Waals surface area contributed by atoms with Crippen LogP contribution in [0.4, 0.5) is 0 Å². The van der Waals surface area contributed by atoms with Gasteiger partial charge < -0.3 is 31.2 Å². The Morgan fingerprint density at radius 2 is 1.44 bits per heavy atom. The number of Topliss-reactive ketones (excluding diaryl/α,β-unsaturated/α-hetero) is 1. The van der Waals surface area contributed by atoms with E-state index >= 15 is 0 Å². The minimum absolute atomic E-state index is 0.0484. The van der Waals surface area contributed by atoms with Gasteiger partial charge in [-0.05, 0) is 73.3 Å². The molecular formula is C25H50N4O5. The minimum atomic E-state index is -0.354. The lowest BCUT2D eigenvalue weighted by Crippen LogP contribution is -2.37. The van der Waals surface area contributed by atoms with E-state index < -0.39 is 0 Å². The van der Waals surface area contributed by atoms with Gasteiger partial charge in [0.2, 0.25) is 11.8 Å². The molecule has 0 saturated heterocycles. The highest BCUT2D eigenvalue weighted by Crippen LogP contribution is 2.16. The van der Waals surface area contributed by atoms with Crippen LogP contribution < -0.4 is 21.7 Å². The number of unbranched alkanes of at least 4 members (excludes halogenated alkanes) is 1. The normalized spacial score (nSPS) is 12.9. The summed E-state index contributed by atoms with van der Waals surface area (Å²) in [5.74, 6) is 0.0186. The summed E-state index contributed by atoms with van der Waals surface area (Å²) >= 11 is 0. The molecule has 0 aromatic heterocycles. The third-order valence-corrected chi connectivity index (χ3v) is 5.60. The van der Waals surface area contributed by atoms with Crippen LogP contribution in [0.3, 0.4) is 0 Å². The lowest BCUT2D eigenvalue weighted by Gasteiger charge is -2.29. The van der Waals surface area contributed by atoms with Crippen LogP contribution in [0.25, 0.3) is 0 Å². The van der Waals surface area contributed by atoms with E-state index in [1.165, 1.54) is 0 Å². The second kappa shape index (κ2) is 17.8. The maximum atomic E-state index is 12.0. The summed E-state index contributed by atoms with van der Waals surface area (Å²) in [5.41, 5.74) is 4.97. The number of ether oxygens (including phenoxy) is 2. The van der Waals surface area contributed by atoms with Crippen LogP contribution in [0.2, 0.25) is 0 Å². The average molecular weight is 487 g/mol. The zero-order valence-corrected chi connectivity index (χ0v) is 22.4. The molecule has 1 unspecified atom stereocenters. The molecule has 9 nitrogen and oxygen atoms in total. The van der Waals surface area contributed by atoms with Crippen LogP contribution >= 0.6 is 0 Å². The smallest absolute Gasteiger partial charge is 0.220 e. The van der Waals surface area contributed by atoms with Crippen molar-refractivity contribution in [3.05, 3.63) is 0 Å². The Hall–Kier alpha value is -1.55. The largest absolute Gasteiger partial charge is 0.374 e. The Labute approximate surface area is 206 Å². The second-order valence-electron chi connectivity index (χ2n) is 9.94. The quantitative estimate of drug-likeness (QED) is 0.183. The molecule has 0 bridgehead atoms. The maximum Gasteiger partial charge on any atom is 0.220 e. The number of likely N-dealkylation sites (N-methyl/N-ethyl adjacent to an activating group) is 1. The van der Waals surface area contributed by atoms with Crippen molar-refractivity contribution in [2.24, 2.45) is 5.73 Å². The zero-order valence-electron chi connectivity index (χ0n) is 22.4. The molecule has 1 atom stereocenters. The van der Waals surface area contributed by atoms with Crippen LogP contribution in [-0.4, -0.2) is 74.2 Å². The Bertz CT molecular complexity index is 596. The van der Waals surface area contributed by atoms with Crippen molar-refractivity contribution in [3.63, 3.8) is 0 Å². The van der Waals surface area contributed by atoms with E-state index in [1.807, 2.05) is 34.6 Å². The van der Waals surface area contributed by atoms with Gasteiger partial charge in [-0.25, -0.2) is 0 Å². The standard InChI is InChI=1S/C25H50N4O5/c1-7-27-21(20(2)30)11-8-9-15-28-22(31)12-10-13-23(32)29-16-18-34-24(3,4)14-17-33-25(5,6)19-26/h21,27H,7-19,26H2,1-6H3,(H,28,31)(H,29,32). The van der Waals surface area contributed by atoms with Gasteiger partial charge in [-0.2, -0.15) is 0 Å². The topological polar surface area (TPSA) is 132 Å². The van der Waals surface area contributed by atoms with Gasteiger partial charge in [0.15, 0.2) is 0 Å². The highest BCUT2D eigenvalue weighted by atomic mass is 16.5. The van der Waals surface area contributed by atoms with E-state index in [9.17, 15) is 14.4 Å². The summed E-state index contributed by atoms with van der Waals surface area (Å²) in [7, 11) is 0. The Morgan fingerprint density at radius 3 is 2.00 bits per heavy atom. The number of carbonyl (C=O) groups excluding carboxylic acids is 3. The van der Waals surface area contributed by atoms with E-state index in [1.54, 1.807) is 6.92 Å². The molecule has 200 valence electrons. The summed E-state index contributed by atoms with van der Waals surface area (Å²) in [4.78, 5) is 35.4. The van der Waals surface area contributed by atoms with Gasteiger partial charge in [-0.3, -0.25) is 14.4 Å². The van der Waals surface area contributed by atoms with E-state index in [0.29, 0.717) is 52.1 Å². The number of carbonyl (C=O) groups is 3. The summed E-state index contributed by atoms with van der Waals surface area (Å²) in [6, 6.07) is -0.0987. The molecule has 0 saturated carbocycles. The van der Waals surface area contributed by atoms with E-state index in [2.05, 4.69) is 16.0 Å². The first-order valence-corrected chi connectivity index (χ1v) is 12.7. The van der Waals surface area contributed by atoms with Crippen LogP contribution in [0.15, 0.2) is 0 Å². The highest BCUT2D eigenvalue weighted by Gasteiger charge is 2.21. The van der Waals surface area contributed by atoms with Gasteiger partial charge in [-0.15, -0.1) is 0 Å². The molecule has 0 aliphatic heterocycles. The molecule has 0 fully saturated rings. The Morgan fingerprint density at radius 1 is 0.853 bits per heavy atom. The number of hydrogen-bond donors (Lipinski definition) is 4. The lowest BCUT2D eigenvalue weighted by atomic mass is 10.1. The molecule has 0 rings (SSSR count). The fourth-order valence-electron chi connectivity index (χ4n) is 3.20. The van der Waals surface area contributed by atoms with E-state index in [-0.39, 0.29) is 34.8 Å². The van der Waals surface area contributed by atoms with Crippen molar-refractivity contribution in [2.45, 2.75) is 104 Å². The number of amides is 2. The molecule has 5 N–H and O–H groups in total. The summed E-state index contributed by atoms with van der Waals surface area (Å²) in [6.45, 7) is 14.7. The molecule has 0 radical (unpaired) electrons. The summed E-state index contributed by atoms with van der Waals surface area (Å²) in [5, 5.41) is 8.88. The predicted molar refractivity (Wildman–Crippen MR) is 136 cm³/mol. The van der Waals surface area contributed by atoms with Gasteiger partial charge in [0, 0.05) is 32.5 Å². The SMILES string of the molecule is CCNC(CCCCNC(=O)CCCC(=O)NCCOC(C)(C)CCOC(C)(C)CN)C(C)=O. The Kier molecular flexibility index (Phi) is 17.0. The van der Waals surface area contributed by atoms with Gasteiger partial charge >= 0.3 is 0 Å². The van der Waals surface area contributed by atoms with Gasteiger partial charge in [0.25, 0.3) is 0 Å². The molecule has 0 spiro atoms. The molecule has 0 aromatic rings. The van der Waals surface area contributed by atoms with Gasteiger partial charge in [-0.1, -0.05) is 6.92 Å². The van der Waals surface area contributed by atoms with Crippen LogP contribution in [0, 0.1) is 0 Å². The Balaban J connectivity index is 3.79. The lowest BCUT2D eigenvalue weighted by molar-refractivity contribution is -0.123. The highest BCUT2D eigenvalue weighted by molar-refractivity contribution is 5.81. The third kappa shape index (κ3) is 17.9. The molecule has 0 heterocycles. The van der Waals surface area contributed by atoms with E-state index in [4.69, 9.17) is 15.2 Å². The van der Waals surface area contributed by atoms with Crippen molar-refractivity contribution in [1.29, 1.82) is 0 Å². The fourth-order valence-corrected chi connectivity index (χ4v) is 3.20. The first kappa shape index (κ1) is 32.5. The fraction of sp³-hybridized carbons (Fsp3) is 0.880. The number of ketones is 1. The van der Waals surface area contributed by atoms with Crippen molar-refractivity contribution in [3.8, 4) is 0 Å². The molecule has 0 aromatic carbocycles. The molecule has 34 heavy (non-hydrogen) atoms. The van der Waals surface area contributed by atoms with Gasteiger partial charge in [0.05, 0.1) is 30.5 Å². The monoisotopic (exact) mass is 486 g/mol. The molecule has 9 heteroatoms. The first-order chi connectivity index (χ1) is 15.9. The van der Waals surface area contributed by atoms with Crippen LogP contribution in [0.1, 0.15) is 86.5 Å². The van der Waals surface area contributed by atoms with Crippen molar-refractivity contribution in [2.75, 3.05) is 39.4 Å². The van der Waals surface area contributed by atoms with Crippen LogP contribution in [0.5, 0.6) is 0 Å². The average Bonchev–Trinajstić information content (AvgIpc) is 2.75. The summed E-state index contributed by atoms with van der Waals surface area (Å²) in [6.07, 6.45) is 4.34. The maximum absolute atomic E-state index is 12.0. The molecule has 2 amide bonds. The van der Waals surface area contributed by atoms with Crippen molar-refractivity contribution >= 4 is 17.6 Å². The van der Waals surface area contributed by atoms with Crippen LogP contribution in [-0.2, 0) is 23.9 Å². The minimum Gasteiger partial charge on any atom is -0.374 e. The number of nitrogens with two attached hydrogens (primary N) is 1. The first-order valence-electron chi connectivity index (χ1n) is 12.7. The third-order valence-electron chi connectivity index (χ3n) is 5.60. The zero-order chi connectivity index (χ0) is 26.0. The molecule has 0 aliphatic rings. The predicted octanol–water partition coefficient (Wildman–Crippen LogP) is 2.07. The molecule has 0 aliphatic carbocycles. The van der Waals surface area contributed by atoms with Crippen molar-refractivity contribution < 1.29 is 23.9 Å². The number of hydrogen-bond acceptors (Lipinski definition) is 7. The van der Waals surface area contributed by atoms with Crippen molar-refractivity contribution in [1.82, 2.24) is 16.0 Å². The second-order valence-corrected chi connectivity index (χ2v) is 9.94. The van der Waals surface area contributed by atoms with Gasteiger partial charge in [0.1, 0.15) is 5.78 Å². The van der Waals surface area contributed by atoms with E-state index in [0.717, 1.165) is 32.2 Å². The number of nitrogens with one attached hydrogen (secondary N) is 3.